The minimum Gasteiger partial charge on any atom is -0.501 e. The van der Waals surface area contributed by atoms with Crippen molar-refractivity contribution in [2.45, 2.75) is 25.3 Å². The first kappa shape index (κ1) is 27.8. The molecule has 1 saturated heterocycles. The van der Waals surface area contributed by atoms with Crippen LogP contribution >= 0.6 is 0 Å². The second-order valence-electron chi connectivity index (χ2n) is 9.99. The summed E-state index contributed by atoms with van der Waals surface area (Å²) in [5.41, 5.74) is 1.11. The van der Waals surface area contributed by atoms with Crippen LogP contribution in [0.3, 0.4) is 0 Å². The van der Waals surface area contributed by atoms with E-state index in [0.717, 1.165) is 43.9 Å². The fourth-order valence-corrected chi connectivity index (χ4v) is 5.23. The molecule has 13 nitrogen and oxygen atoms in total. The molecular formula is C28H31N9O4. The van der Waals surface area contributed by atoms with Gasteiger partial charge >= 0.3 is 0 Å². The first-order valence-electron chi connectivity index (χ1n) is 13.3. The summed E-state index contributed by atoms with van der Waals surface area (Å²) in [6.45, 7) is 7.32. The lowest BCUT2D eigenvalue weighted by atomic mass is 9.80. The molecule has 1 aliphatic heterocycles. The van der Waals surface area contributed by atoms with Crippen molar-refractivity contribution < 1.29 is 14.4 Å². The smallest absolute Gasteiger partial charge is 0.296 e. The third-order valence-corrected chi connectivity index (χ3v) is 7.40. The van der Waals surface area contributed by atoms with Gasteiger partial charge in [-0.25, -0.2) is 4.98 Å². The van der Waals surface area contributed by atoms with Gasteiger partial charge in [0.05, 0.1) is 30.6 Å². The van der Waals surface area contributed by atoms with E-state index in [1.165, 1.54) is 24.1 Å². The van der Waals surface area contributed by atoms with Crippen LogP contribution < -0.4 is 16.2 Å². The van der Waals surface area contributed by atoms with Crippen LogP contribution in [0, 0.1) is 11.3 Å². The molecule has 0 bridgehead atoms. The number of nitrogens with one attached hydrogen (secondary N) is 2. The summed E-state index contributed by atoms with van der Waals surface area (Å²) >= 11 is 0. The molecule has 1 aromatic carbocycles. The van der Waals surface area contributed by atoms with E-state index in [4.69, 9.17) is 4.52 Å². The number of amides is 1. The average molecular weight is 558 g/mol. The number of aromatic hydroxyl groups is 1. The fourth-order valence-electron chi connectivity index (χ4n) is 5.23. The van der Waals surface area contributed by atoms with Gasteiger partial charge in [-0.05, 0) is 17.2 Å². The molecular weight excluding hydrogens is 526 g/mol. The molecule has 0 saturated carbocycles. The van der Waals surface area contributed by atoms with Crippen LogP contribution in [-0.4, -0.2) is 73.1 Å². The van der Waals surface area contributed by atoms with Crippen molar-refractivity contribution in [2.24, 2.45) is 7.05 Å². The Balaban J connectivity index is 1.52. The summed E-state index contributed by atoms with van der Waals surface area (Å²) in [4.78, 5) is 32.9. The number of carbonyl (C=O) groups is 1. The van der Waals surface area contributed by atoms with E-state index < -0.39 is 34.7 Å². The van der Waals surface area contributed by atoms with E-state index in [-0.39, 0.29) is 11.5 Å². The van der Waals surface area contributed by atoms with E-state index in [0.29, 0.717) is 12.1 Å². The predicted molar refractivity (Wildman–Crippen MR) is 149 cm³/mol. The van der Waals surface area contributed by atoms with Crippen LogP contribution in [0.1, 0.15) is 51.8 Å². The van der Waals surface area contributed by atoms with Crippen molar-refractivity contribution in [3.8, 4) is 11.8 Å². The Kier molecular flexibility index (Phi) is 8.23. The van der Waals surface area contributed by atoms with Gasteiger partial charge in [0.2, 0.25) is 5.75 Å². The zero-order valence-corrected chi connectivity index (χ0v) is 22.8. The number of anilines is 1. The van der Waals surface area contributed by atoms with Crippen LogP contribution in [0.5, 0.6) is 5.75 Å². The molecule has 1 aliphatic rings. The van der Waals surface area contributed by atoms with Crippen LogP contribution in [0.25, 0.3) is 0 Å². The van der Waals surface area contributed by atoms with Gasteiger partial charge in [-0.2, -0.15) is 10.4 Å². The van der Waals surface area contributed by atoms with Crippen LogP contribution in [0.4, 0.5) is 5.69 Å². The molecule has 13 heteroatoms. The number of aromatic nitrogens is 5. The molecule has 0 unspecified atom stereocenters. The third kappa shape index (κ3) is 5.88. The van der Waals surface area contributed by atoms with Gasteiger partial charge in [0.15, 0.2) is 5.69 Å². The Hall–Kier alpha value is -4.80. The summed E-state index contributed by atoms with van der Waals surface area (Å²) in [5.74, 6) is -2.24. The van der Waals surface area contributed by atoms with Crippen molar-refractivity contribution in [1.29, 1.82) is 5.26 Å². The quantitative estimate of drug-likeness (QED) is 0.275. The van der Waals surface area contributed by atoms with Gasteiger partial charge in [0.1, 0.15) is 17.8 Å². The number of benzene rings is 1. The molecule has 5 rings (SSSR count). The van der Waals surface area contributed by atoms with Gasteiger partial charge in [0.25, 0.3) is 11.5 Å². The molecule has 0 aliphatic carbocycles. The fraction of sp³-hybridized carbons (Fsp3) is 0.357. The van der Waals surface area contributed by atoms with Crippen LogP contribution in [-0.2, 0) is 13.6 Å². The highest BCUT2D eigenvalue weighted by atomic mass is 16.5. The number of hydrogen-bond acceptors (Lipinski definition) is 10. The molecule has 1 amide bonds. The van der Waals surface area contributed by atoms with Crippen molar-refractivity contribution in [1.82, 2.24) is 34.7 Å². The molecule has 0 radical (unpaired) electrons. The van der Waals surface area contributed by atoms with Gasteiger partial charge < -0.3 is 20.3 Å². The SMILES string of the molecule is C[C@@H](c1nc(C(=O)Nc2cnoc2)c(O)c(=O)n1C)[C@@H](c1cnn(CCN2CCNCC2)c1)c1ccccc1C#N. The lowest BCUT2D eigenvalue weighted by Crippen LogP contribution is -2.44. The minimum absolute atomic E-state index is 0.250. The van der Waals surface area contributed by atoms with Crippen molar-refractivity contribution in [3.05, 3.63) is 87.7 Å². The standard InChI is InChI=1S/C28H31N9O4/c1-18(26-34-24(25(38)28(40)35(26)2)27(39)33-21-15-32-41-17-21)23(22-6-4-3-5-19(22)13-29)20-14-31-37(16-20)12-11-36-9-7-30-8-10-36/h3-6,14-18,23,30,38H,7-12H2,1-2H3,(H,33,39)/t18-,23+/m1/s1. The molecule has 3 aromatic heterocycles. The molecule has 41 heavy (non-hydrogen) atoms. The summed E-state index contributed by atoms with van der Waals surface area (Å²) in [6.07, 6.45) is 6.23. The van der Waals surface area contributed by atoms with Gasteiger partial charge in [-0.1, -0.05) is 30.3 Å². The maximum absolute atomic E-state index is 13.1. The number of hydrogen-bond donors (Lipinski definition) is 3. The maximum atomic E-state index is 13.1. The monoisotopic (exact) mass is 557 g/mol. The second-order valence-corrected chi connectivity index (χ2v) is 9.99. The number of nitriles is 1. The highest BCUT2D eigenvalue weighted by Crippen LogP contribution is 2.39. The lowest BCUT2D eigenvalue weighted by Gasteiger charge is -2.27. The Morgan fingerprint density at radius 1 is 1.24 bits per heavy atom. The Morgan fingerprint density at radius 3 is 2.76 bits per heavy atom. The average Bonchev–Trinajstić information content (AvgIpc) is 3.68. The molecule has 0 spiro atoms. The van der Waals surface area contributed by atoms with Gasteiger partial charge in [-0.3, -0.25) is 23.7 Å². The largest absolute Gasteiger partial charge is 0.501 e. The topological polar surface area (TPSA) is 167 Å². The van der Waals surface area contributed by atoms with E-state index >= 15 is 0 Å². The first-order valence-corrected chi connectivity index (χ1v) is 13.3. The number of rotatable bonds is 9. The second kappa shape index (κ2) is 12.2. The van der Waals surface area contributed by atoms with E-state index in [2.05, 4.69) is 36.8 Å². The predicted octanol–water partition coefficient (Wildman–Crippen LogP) is 1.64. The van der Waals surface area contributed by atoms with E-state index in [9.17, 15) is 20.0 Å². The molecule has 4 aromatic rings. The van der Waals surface area contributed by atoms with Crippen molar-refractivity contribution in [3.63, 3.8) is 0 Å². The molecule has 212 valence electrons. The first-order chi connectivity index (χ1) is 19.9. The van der Waals surface area contributed by atoms with Crippen molar-refractivity contribution >= 4 is 11.6 Å². The number of nitrogens with zero attached hydrogens (tertiary/aromatic N) is 7. The van der Waals surface area contributed by atoms with Crippen molar-refractivity contribution in [2.75, 3.05) is 38.0 Å². The molecule has 4 heterocycles. The van der Waals surface area contributed by atoms with Gasteiger partial charge in [0, 0.05) is 57.8 Å². The van der Waals surface area contributed by atoms with Crippen LogP contribution in [0.15, 0.2) is 58.4 Å². The summed E-state index contributed by atoms with van der Waals surface area (Å²) < 4.78 is 7.85. The minimum atomic E-state index is -0.786. The Bertz CT molecular complexity index is 1610. The van der Waals surface area contributed by atoms with Crippen LogP contribution in [0.2, 0.25) is 0 Å². The summed E-state index contributed by atoms with van der Waals surface area (Å²) in [7, 11) is 1.49. The van der Waals surface area contributed by atoms with E-state index in [1.807, 2.05) is 29.9 Å². The normalized spacial score (nSPS) is 15.2. The molecule has 2 atom stereocenters. The highest BCUT2D eigenvalue weighted by molar-refractivity contribution is 6.04. The van der Waals surface area contributed by atoms with E-state index in [1.54, 1.807) is 18.3 Å². The highest BCUT2D eigenvalue weighted by Gasteiger charge is 2.31. The molecule has 1 fully saturated rings. The maximum Gasteiger partial charge on any atom is 0.296 e. The summed E-state index contributed by atoms with van der Waals surface area (Å²) in [6, 6.07) is 9.53. The lowest BCUT2D eigenvalue weighted by molar-refractivity contribution is 0.101. The summed E-state index contributed by atoms with van der Waals surface area (Å²) in [5, 5.41) is 34.5. The number of carbonyl (C=O) groups excluding carboxylic acids is 1. The zero-order chi connectivity index (χ0) is 28.9. The Morgan fingerprint density at radius 2 is 2.02 bits per heavy atom. The molecule has 3 N–H and O–H groups in total. The Labute approximate surface area is 236 Å². The zero-order valence-electron chi connectivity index (χ0n) is 22.8. The third-order valence-electron chi connectivity index (χ3n) is 7.40. The van der Waals surface area contributed by atoms with Gasteiger partial charge in [-0.15, -0.1) is 0 Å². The number of piperazine rings is 1.